The van der Waals surface area contributed by atoms with E-state index >= 15 is 0 Å². The van der Waals surface area contributed by atoms with Crippen LogP contribution in [0.15, 0.2) is 48.7 Å². The lowest BCUT2D eigenvalue weighted by molar-refractivity contribution is 0.0690. The first-order valence-corrected chi connectivity index (χ1v) is 6.05. The van der Waals surface area contributed by atoms with Crippen LogP contribution in [0.3, 0.4) is 0 Å². The lowest BCUT2D eigenvalue weighted by atomic mass is 10.2. The third-order valence-corrected chi connectivity index (χ3v) is 2.53. The van der Waals surface area contributed by atoms with Crippen molar-refractivity contribution in [2.24, 2.45) is 0 Å². The molecule has 6 heteroatoms. The maximum absolute atomic E-state index is 11.0. The number of aromatic nitrogens is 2. The van der Waals surface area contributed by atoms with Crippen LogP contribution in [0.1, 0.15) is 10.5 Å². The van der Waals surface area contributed by atoms with E-state index in [4.69, 9.17) is 15.1 Å². The number of rotatable bonds is 5. The zero-order chi connectivity index (χ0) is 15.1. The second-order valence-corrected chi connectivity index (χ2v) is 3.91. The van der Waals surface area contributed by atoms with E-state index < -0.39 is 5.97 Å². The van der Waals surface area contributed by atoms with E-state index in [0.717, 1.165) is 0 Å². The first kappa shape index (κ1) is 14.2. The van der Waals surface area contributed by atoms with Gasteiger partial charge in [-0.1, -0.05) is 12.1 Å². The molecule has 0 saturated carbocycles. The average molecular weight is 281 g/mol. The Kier molecular flexibility index (Phi) is 4.62. The van der Waals surface area contributed by atoms with Crippen LogP contribution in [0.4, 0.5) is 0 Å². The number of aromatic carboxylic acids is 1. The monoisotopic (exact) mass is 281 g/mol. The van der Waals surface area contributed by atoms with Gasteiger partial charge in [-0.25, -0.2) is 14.8 Å². The average Bonchev–Trinajstić information content (AvgIpc) is 2.52. The highest BCUT2D eigenvalue weighted by atomic mass is 16.5. The molecule has 6 nitrogen and oxygen atoms in total. The Bertz CT molecular complexity index is 720. The molecule has 0 radical (unpaired) electrons. The molecule has 0 amide bonds. The predicted octanol–water partition coefficient (Wildman–Crippen LogP) is 2.30. The number of carbonyl (C=O) groups is 1. The summed E-state index contributed by atoms with van der Waals surface area (Å²) in [6.45, 7) is 0.225. The maximum Gasteiger partial charge on any atom is 0.354 e. The van der Waals surface area contributed by atoms with E-state index in [1.54, 1.807) is 30.3 Å². The van der Waals surface area contributed by atoms with Gasteiger partial charge in [-0.3, -0.25) is 0 Å². The SMILES string of the molecule is N#CC=CCOc1ccccc1-c1nccc(C(=O)O)n1. The van der Waals surface area contributed by atoms with Gasteiger partial charge in [0.2, 0.25) is 0 Å². The molecule has 1 N–H and O–H groups in total. The van der Waals surface area contributed by atoms with Crippen LogP contribution in [0, 0.1) is 11.3 Å². The molecule has 0 bridgehead atoms. The quantitative estimate of drug-likeness (QED) is 0.845. The fourth-order valence-electron chi connectivity index (χ4n) is 1.62. The molecule has 0 aliphatic carbocycles. The summed E-state index contributed by atoms with van der Waals surface area (Å²) in [5.74, 6) is -0.327. The van der Waals surface area contributed by atoms with E-state index in [1.165, 1.54) is 18.3 Å². The molecule has 1 aromatic carbocycles. The summed E-state index contributed by atoms with van der Waals surface area (Å²) in [6, 6.07) is 10.2. The zero-order valence-corrected chi connectivity index (χ0v) is 10.9. The number of ether oxygens (including phenoxy) is 1. The summed E-state index contributed by atoms with van der Waals surface area (Å²) < 4.78 is 5.53. The molecule has 0 spiro atoms. The Morgan fingerprint density at radius 1 is 1.38 bits per heavy atom. The second kappa shape index (κ2) is 6.82. The molecule has 0 aliphatic heterocycles. The third kappa shape index (κ3) is 3.64. The Morgan fingerprint density at radius 3 is 2.95 bits per heavy atom. The first-order valence-electron chi connectivity index (χ1n) is 6.05. The molecule has 0 aliphatic rings. The zero-order valence-electron chi connectivity index (χ0n) is 10.9. The third-order valence-electron chi connectivity index (χ3n) is 2.53. The van der Waals surface area contributed by atoms with Gasteiger partial charge in [-0.15, -0.1) is 0 Å². The predicted molar refractivity (Wildman–Crippen MR) is 74.7 cm³/mol. The molecule has 21 heavy (non-hydrogen) atoms. The number of carboxylic acid groups (broad SMARTS) is 1. The summed E-state index contributed by atoms with van der Waals surface area (Å²) >= 11 is 0. The van der Waals surface area contributed by atoms with E-state index in [-0.39, 0.29) is 18.1 Å². The summed E-state index contributed by atoms with van der Waals surface area (Å²) in [6.07, 6.45) is 4.29. The van der Waals surface area contributed by atoms with Crippen molar-refractivity contribution in [2.75, 3.05) is 6.61 Å². The molecule has 0 unspecified atom stereocenters. The van der Waals surface area contributed by atoms with Crippen molar-refractivity contribution in [1.82, 2.24) is 9.97 Å². The topological polar surface area (TPSA) is 96.1 Å². The van der Waals surface area contributed by atoms with Crippen LogP contribution in [0.25, 0.3) is 11.4 Å². The lowest BCUT2D eigenvalue weighted by Crippen LogP contribution is -2.03. The number of allylic oxidation sites excluding steroid dienone is 1. The molecule has 2 rings (SSSR count). The minimum absolute atomic E-state index is 0.0841. The number of nitriles is 1. The summed E-state index contributed by atoms with van der Waals surface area (Å²) in [5.41, 5.74) is 0.505. The van der Waals surface area contributed by atoms with Crippen LogP contribution in [-0.2, 0) is 0 Å². The number of hydrogen-bond acceptors (Lipinski definition) is 5. The molecule has 2 aromatic rings. The number of benzene rings is 1. The Morgan fingerprint density at radius 2 is 2.19 bits per heavy atom. The summed E-state index contributed by atoms with van der Waals surface area (Å²) in [7, 11) is 0. The maximum atomic E-state index is 11.0. The van der Waals surface area contributed by atoms with Crippen molar-refractivity contribution in [3.05, 3.63) is 54.4 Å². The van der Waals surface area contributed by atoms with Gasteiger partial charge < -0.3 is 9.84 Å². The van der Waals surface area contributed by atoms with Crippen molar-refractivity contribution in [3.63, 3.8) is 0 Å². The van der Waals surface area contributed by atoms with Crippen molar-refractivity contribution < 1.29 is 14.6 Å². The minimum atomic E-state index is -1.12. The van der Waals surface area contributed by atoms with Gasteiger partial charge in [0.25, 0.3) is 0 Å². The standard InChI is InChI=1S/C15H11N3O3/c16-8-3-4-10-21-13-6-2-1-5-11(13)14-17-9-7-12(18-14)15(19)20/h1-7,9H,10H2,(H,19,20). The van der Waals surface area contributed by atoms with Crippen molar-refractivity contribution in [1.29, 1.82) is 5.26 Å². The van der Waals surface area contributed by atoms with E-state index in [0.29, 0.717) is 11.3 Å². The molecule has 1 aromatic heterocycles. The van der Waals surface area contributed by atoms with Crippen molar-refractivity contribution in [2.45, 2.75) is 0 Å². The molecule has 104 valence electrons. The van der Waals surface area contributed by atoms with E-state index in [2.05, 4.69) is 9.97 Å². The van der Waals surface area contributed by atoms with E-state index in [1.807, 2.05) is 6.07 Å². The van der Waals surface area contributed by atoms with Gasteiger partial charge in [0.1, 0.15) is 12.4 Å². The second-order valence-electron chi connectivity index (χ2n) is 3.91. The van der Waals surface area contributed by atoms with Crippen molar-refractivity contribution in [3.8, 4) is 23.2 Å². The normalized spacial score (nSPS) is 10.2. The van der Waals surface area contributed by atoms with Gasteiger partial charge in [0, 0.05) is 12.3 Å². The summed E-state index contributed by atoms with van der Waals surface area (Å²) in [5, 5.41) is 17.4. The van der Waals surface area contributed by atoms with Gasteiger partial charge in [-0.05, 0) is 24.3 Å². The Labute approximate surface area is 121 Å². The summed E-state index contributed by atoms with van der Waals surface area (Å²) in [4.78, 5) is 19.0. The van der Waals surface area contributed by atoms with Gasteiger partial charge in [-0.2, -0.15) is 5.26 Å². The molecular weight excluding hydrogens is 270 g/mol. The smallest absolute Gasteiger partial charge is 0.354 e. The molecule has 0 saturated heterocycles. The van der Waals surface area contributed by atoms with Crippen LogP contribution in [-0.4, -0.2) is 27.7 Å². The van der Waals surface area contributed by atoms with Gasteiger partial charge in [0.05, 0.1) is 11.6 Å². The highest BCUT2D eigenvalue weighted by Gasteiger charge is 2.11. The first-order chi connectivity index (χ1) is 10.2. The van der Waals surface area contributed by atoms with Crippen LogP contribution < -0.4 is 4.74 Å². The van der Waals surface area contributed by atoms with Gasteiger partial charge >= 0.3 is 5.97 Å². The fraction of sp³-hybridized carbons (Fsp3) is 0.0667. The van der Waals surface area contributed by atoms with Crippen LogP contribution >= 0.6 is 0 Å². The molecule has 0 atom stereocenters. The lowest BCUT2D eigenvalue weighted by Gasteiger charge is -2.09. The Balaban J connectivity index is 2.31. The Hall–Kier alpha value is -3.20. The molecular formula is C15H11N3O3. The van der Waals surface area contributed by atoms with Crippen LogP contribution in [0.5, 0.6) is 5.75 Å². The highest BCUT2D eigenvalue weighted by Crippen LogP contribution is 2.27. The number of nitrogens with zero attached hydrogens (tertiary/aromatic N) is 3. The molecule has 1 heterocycles. The number of carboxylic acids is 1. The number of para-hydroxylation sites is 1. The minimum Gasteiger partial charge on any atom is -0.489 e. The van der Waals surface area contributed by atoms with E-state index in [9.17, 15) is 4.79 Å². The number of hydrogen-bond donors (Lipinski definition) is 1. The van der Waals surface area contributed by atoms with Crippen LogP contribution in [0.2, 0.25) is 0 Å². The highest BCUT2D eigenvalue weighted by molar-refractivity contribution is 5.85. The van der Waals surface area contributed by atoms with Crippen molar-refractivity contribution >= 4 is 5.97 Å². The van der Waals surface area contributed by atoms with Gasteiger partial charge in [0.15, 0.2) is 11.5 Å². The molecule has 0 fully saturated rings. The largest absolute Gasteiger partial charge is 0.489 e. The fourth-order valence-corrected chi connectivity index (χ4v) is 1.62.